The highest BCUT2D eigenvalue weighted by Gasteiger charge is 2.13. The number of hydrogen-bond acceptors (Lipinski definition) is 4. The van der Waals surface area contributed by atoms with Crippen LogP contribution in [-0.4, -0.2) is 15.9 Å². The van der Waals surface area contributed by atoms with E-state index >= 15 is 0 Å². The second kappa shape index (κ2) is 5.58. The zero-order chi connectivity index (χ0) is 14.7. The Balaban J connectivity index is 2.14. The molecule has 1 amide bonds. The fourth-order valence-corrected chi connectivity index (χ4v) is 2.07. The van der Waals surface area contributed by atoms with Crippen molar-refractivity contribution in [1.29, 1.82) is 0 Å². The number of furan rings is 1. The molecule has 104 valence electrons. The van der Waals surface area contributed by atoms with Crippen LogP contribution < -0.4 is 5.32 Å². The molecule has 0 aromatic carbocycles. The summed E-state index contributed by atoms with van der Waals surface area (Å²) in [6.07, 6.45) is 5.05. The Morgan fingerprint density at radius 2 is 1.95 bits per heavy atom. The lowest BCUT2D eigenvalue weighted by Gasteiger charge is -2.09. The molecule has 21 heavy (non-hydrogen) atoms. The molecule has 0 saturated carbocycles. The highest BCUT2D eigenvalue weighted by atomic mass is 16.3. The van der Waals surface area contributed by atoms with Gasteiger partial charge in [-0.3, -0.25) is 9.78 Å². The van der Waals surface area contributed by atoms with Gasteiger partial charge in [0.25, 0.3) is 0 Å². The van der Waals surface area contributed by atoms with Gasteiger partial charge in [-0.2, -0.15) is 0 Å². The smallest absolute Gasteiger partial charge is 0.222 e. The molecule has 3 rings (SSSR count). The van der Waals surface area contributed by atoms with Gasteiger partial charge in [-0.15, -0.1) is 0 Å². The molecule has 0 radical (unpaired) electrons. The standard InChI is InChI=1S/C16H13N3O2/c1-11(20)18-15-5-4-13(12-6-8-17-9-7-12)16(19-15)14-3-2-10-21-14/h2-10H,1H3,(H,18,19,20). The second-order valence-electron chi connectivity index (χ2n) is 4.49. The van der Waals surface area contributed by atoms with E-state index in [9.17, 15) is 4.79 Å². The van der Waals surface area contributed by atoms with Crippen molar-refractivity contribution in [2.45, 2.75) is 6.92 Å². The molecule has 0 atom stereocenters. The summed E-state index contributed by atoms with van der Waals surface area (Å²) in [6, 6.07) is 11.1. The van der Waals surface area contributed by atoms with Gasteiger partial charge < -0.3 is 9.73 Å². The van der Waals surface area contributed by atoms with Crippen molar-refractivity contribution in [2.24, 2.45) is 0 Å². The minimum atomic E-state index is -0.162. The van der Waals surface area contributed by atoms with Crippen molar-refractivity contribution in [3.63, 3.8) is 0 Å². The molecular weight excluding hydrogens is 266 g/mol. The quantitative estimate of drug-likeness (QED) is 0.798. The van der Waals surface area contributed by atoms with Crippen LogP contribution in [0.2, 0.25) is 0 Å². The Bertz CT molecular complexity index is 752. The minimum Gasteiger partial charge on any atom is -0.463 e. The van der Waals surface area contributed by atoms with Gasteiger partial charge in [-0.25, -0.2) is 4.98 Å². The molecule has 0 unspecified atom stereocenters. The van der Waals surface area contributed by atoms with Crippen LogP contribution in [0.1, 0.15) is 6.92 Å². The van der Waals surface area contributed by atoms with E-state index in [4.69, 9.17) is 4.42 Å². The van der Waals surface area contributed by atoms with Crippen LogP contribution in [0, 0.1) is 0 Å². The van der Waals surface area contributed by atoms with Crippen molar-refractivity contribution in [1.82, 2.24) is 9.97 Å². The first-order chi connectivity index (χ1) is 10.2. The number of carbonyl (C=O) groups is 1. The summed E-state index contributed by atoms with van der Waals surface area (Å²) >= 11 is 0. The van der Waals surface area contributed by atoms with Crippen LogP contribution in [-0.2, 0) is 4.79 Å². The SMILES string of the molecule is CC(=O)Nc1ccc(-c2ccncc2)c(-c2ccco2)n1. The van der Waals surface area contributed by atoms with Crippen LogP contribution in [0.4, 0.5) is 5.82 Å². The first-order valence-electron chi connectivity index (χ1n) is 6.47. The summed E-state index contributed by atoms with van der Waals surface area (Å²) in [5.41, 5.74) is 2.58. The normalized spacial score (nSPS) is 10.3. The van der Waals surface area contributed by atoms with Crippen LogP contribution in [0.3, 0.4) is 0 Å². The summed E-state index contributed by atoms with van der Waals surface area (Å²) < 4.78 is 5.45. The van der Waals surface area contributed by atoms with E-state index in [1.165, 1.54) is 6.92 Å². The first-order valence-corrected chi connectivity index (χ1v) is 6.47. The van der Waals surface area contributed by atoms with Gasteiger partial charge in [-0.05, 0) is 42.0 Å². The van der Waals surface area contributed by atoms with Gasteiger partial charge in [0.2, 0.25) is 5.91 Å². The zero-order valence-electron chi connectivity index (χ0n) is 11.4. The molecule has 5 heteroatoms. The van der Waals surface area contributed by atoms with Gasteiger partial charge in [0.15, 0.2) is 5.76 Å². The number of rotatable bonds is 3. The van der Waals surface area contributed by atoms with Gasteiger partial charge >= 0.3 is 0 Å². The molecule has 1 N–H and O–H groups in total. The molecule has 0 aliphatic heterocycles. The maximum Gasteiger partial charge on any atom is 0.222 e. The molecule has 3 aromatic rings. The van der Waals surface area contributed by atoms with E-state index in [2.05, 4.69) is 15.3 Å². The first kappa shape index (κ1) is 13.1. The number of nitrogens with one attached hydrogen (secondary N) is 1. The molecule has 5 nitrogen and oxygen atoms in total. The molecule has 0 spiro atoms. The van der Waals surface area contributed by atoms with E-state index in [-0.39, 0.29) is 5.91 Å². The number of hydrogen-bond donors (Lipinski definition) is 1. The van der Waals surface area contributed by atoms with Crippen molar-refractivity contribution in [2.75, 3.05) is 5.32 Å². The topological polar surface area (TPSA) is 68.0 Å². The maximum atomic E-state index is 11.2. The van der Waals surface area contributed by atoms with E-state index in [1.807, 2.05) is 24.3 Å². The molecule has 3 heterocycles. The average Bonchev–Trinajstić information content (AvgIpc) is 3.01. The predicted octanol–water partition coefficient (Wildman–Crippen LogP) is 3.36. The van der Waals surface area contributed by atoms with Crippen molar-refractivity contribution in [3.8, 4) is 22.6 Å². The third kappa shape index (κ3) is 2.81. The summed E-state index contributed by atoms with van der Waals surface area (Å²) in [7, 11) is 0. The van der Waals surface area contributed by atoms with Crippen molar-refractivity contribution in [3.05, 3.63) is 55.1 Å². The van der Waals surface area contributed by atoms with Gasteiger partial charge in [0.05, 0.1) is 6.26 Å². The zero-order valence-corrected chi connectivity index (χ0v) is 11.4. The molecule has 0 fully saturated rings. The van der Waals surface area contributed by atoms with Crippen LogP contribution in [0.15, 0.2) is 59.5 Å². The number of pyridine rings is 2. The average molecular weight is 279 g/mol. The van der Waals surface area contributed by atoms with Crippen molar-refractivity contribution < 1.29 is 9.21 Å². The predicted molar refractivity (Wildman–Crippen MR) is 79.5 cm³/mol. The lowest BCUT2D eigenvalue weighted by atomic mass is 10.0. The lowest BCUT2D eigenvalue weighted by Crippen LogP contribution is -2.07. The Labute approximate surface area is 121 Å². The number of anilines is 1. The molecule has 0 bridgehead atoms. The van der Waals surface area contributed by atoms with E-state index in [1.54, 1.807) is 30.8 Å². The van der Waals surface area contributed by atoms with Gasteiger partial charge in [0, 0.05) is 24.9 Å². The highest BCUT2D eigenvalue weighted by Crippen LogP contribution is 2.31. The maximum absolute atomic E-state index is 11.2. The molecule has 0 aliphatic carbocycles. The van der Waals surface area contributed by atoms with Gasteiger partial charge in [0.1, 0.15) is 11.5 Å². The number of amides is 1. The van der Waals surface area contributed by atoms with E-state index in [0.717, 1.165) is 11.1 Å². The van der Waals surface area contributed by atoms with Gasteiger partial charge in [-0.1, -0.05) is 0 Å². The van der Waals surface area contributed by atoms with E-state index in [0.29, 0.717) is 17.3 Å². The number of carbonyl (C=O) groups excluding carboxylic acids is 1. The Hall–Kier alpha value is -2.95. The Morgan fingerprint density at radius 3 is 2.62 bits per heavy atom. The second-order valence-corrected chi connectivity index (χ2v) is 4.49. The molecular formula is C16H13N3O2. The minimum absolute atomic E-state index is 0.162. The van der Waals surface area contributed by atoms with E-state index < -0.39 is 0 Å². The monoisotopic (exact) mass is 279 g/mol. The third-order valence-electron chi connectivity index (χ3n) is 2.95. The summed E-state index contributed by atoms with van der Waals surface area (Å²) in [5, 5.41) is 2.68. The lowest BCUT2D eigenvalue weighted by molar-refractivity contribution is -0.114. The third-order valence-corrected chi connectivity index (χ3v) is 2.95. The summed E-state index contributed by atoms with van der Waals surface area (Å²) in [5.74, 6) is 0.977. The number of nitrogens with zero attached hydrogens (tertiary/aromatic N) is 2. The highest BCUT2D eigenvalue weighted by molar-refractivity contribution is 5.89. The number of aromatic nitrogens is 2. The van der Waals surface area contributed by atoms with Crippen LogP contribution in [0.25, 0.3) is 22.6 Å². The Kier molecular flexibility index (Phi) is 3.47. The fourth-order valence-electron chi connectivity index (χ4n) is 2.07. The molecule has 0 saturated heterocycles. The molecule has 0 aliphatic rings. The van der Waals surface area contributed by atoms with Crippen molar-refractivity contribution >= 4 is 11.7 Å². The van der Waals surface area contributed by atoms with Crippen LogP contribution >= 0.6 is 0 Å². The molecule has 3 aromatic heterocycles. The van der Waals surface area contributed by atoms with Crippen LogP contribution in [0.5, 0.6) is 0 Å². The Morgan fingerprint density at radius 1 is 1.14 bits per heavy atom. The summed E-state index contributed by atoms with van der Waals surface area (Å²) in [4.78, 5) is 19.7. The largest absolute Gasteiger partial charge is 0.463 e. The summed E-state index contributed by atoms with van der Waals surface area (Å²) in [6.45, 7) is 1.45. The fraction of sp³-hybridized carbons (Fsp3) is 0.0625.